The molecule has 3 aromatic rings. The van der Waals surface area contributed by atoms with Gasteiger partial charge < -0.3 is 24.8 Å². The number of aromatic nitrogens is 4. The lowest BCUT2D eigenvalue weighted by Gasteiger charge is -2.38. The van der Waals surface area contributed by atoms with Crippen LogP contribution in [0.15, 0.2) is 36.8 Å². The third-order valence-electron chi connectivity index (χ3n) is 7.63. The molecule has 0 saturated carbocycles. The molecule has 2 aromatic heterocycles. The number of nitrogens with one attached hydrogen (secondary N) is 2. The van der Waals surface area contributed by atoms with Gasteiger partial charge in [-0.1, -0.05) is 0 Å². The van der Waals surface area contributed by atoms with Gasteiger partial charge in [-0.2, -0.15) is 5.10 Å². The van der Waals surface area contributed by atoms with Gasteiger partial charge in [0.05, 0.1) is 13.3 Å². The van der Waals surface area contributed by atoms with Gasteiger partial charge in [0.25, 0.3) is 5.91 Å². The summed E-state index contributed by atoms with van der Waals surface area (Å²) >= 11 is 0. The van der Waals surface area contributed by atoms with E-state index in [1.54, 1.807) is 19.4 Å². The molecule has 37 heavy (non-hydrogen) atoms. The molecule has 11 nitrogen and oxygen atoms in total. The lowest BCUT2D eigenvalue weighted by molar-refractivity contribution is 0.0728. The fourth-order valence-electron chi connectivity index (χ4n) is 5.50. The minimum atomic E-state index is -0.0946. The molecule has 3 aliphatic rings. The average molecular weight is 503 g/mol. The molecule has 11 heteroatoms. The van der Waals surface area contributed by atoms with E-state index in [-0.39, 0.29) is 18.0 Å². The van der Waals surface area contributed by atoms with Gasteiger partial charge in [0.15, 0.2) is 0 Å². The van der Waals surface area contributed by atoms with E-state index in [0.29, 0.717) is 25.3 Å². The molecule has 1 aromatic carbocycles. The number of nitrogens with zero attached hydrogens (tertiary/aromatic N) is 6. The summed E-state index contributed by atoms with van der Waals surface area (Å²) in [7, 11) is 1.65. The lowest BCUT2D eigenvalue weighted by atomic mass is 10.0. The third kappa shape index (κ3) is 4.56. The van der Waals surface area contributed by atoms with E-state index in [0.717, 1.165) is 72.8 Å². The molecule has 1 fully saturated rings. The van der Waals surface area contributed by atoms with Gasteiger partial charge in [-0.15, -0.1) is 0 Å². The second-order valence-electron chi connectivity index (χ2n) is 9.73. The minimum Gasteiger partial charge on any atom is -0.497 e. The van der Waals surface area contributed by atoms with Crippen molar-refractivity contribution in [1.29, 1.82) is 0 Å². The van der Waals surface area contributed by atoms with Crippen LogP contribution in [0.25, 0.3) is 0 Å². The monoisotopic (exact) mass is 502 g/mol. The number of aromatic amines is 1. The Bertz CT molecular complexity index is 1320. The van der Waals surface area contributed by atoms with Gasteiger partial charge in [-0.25, -0.2) is 14.8 Å². The molecular formula is C26H30N8O3. The van der Waals surface area contributed by atoms with Gasteiger partial charge in [0, 0.05) is 68.2 Å². The summed E-state index contributed by atoms with van der Waals surface area (Å²) in [6.07, 6.45) is 6.44. The number of carbonyl (C=O) groups excluding carboxylic acids is 2. The van der Waals surface area contributed by atoms with Crippen molar-refractivity contribution in [1.82, 2.24) is 30.0 Å². The highest BCUT2D eigenvalue weighted by atomic mass is 16.5. The Hall–Kier alpha value is -4.15. The van der Waals surface area contributed by atoms with Crippen molar-refractivity contribution >= 4 is 23.4 Å². The topological polar surface area (TPSA) is 120 Å². The van der Waals surface area contributed by atoms with Crippen LogP contribution in [0.3, 0.4) is 0 Å². The number of methoxy groups -OCH3 is 1. The maximum Gasteiger partial charge on any atom is 0.322 e. The van der Waals surface area contributed by atoms with Gasteiger partial charge in [0.2, 0.25) is 0 Å². The van der Waals surface area contributed by atoms with Crippen molar-refractivity contribution in [3.05, 3.63) is 59.3 Å². The molecule has 5 heterocycles. The molecule has 0 aliphatic carbocycles. The molecular weight excluding hydrogens is 472 g/mol. The first-order valence-corrected chi connectivity index (χ1v) is 12.7. The summed E-state index contributed by atoms with van der Waals surface area (Å²) in [5.74, 6) is 1.45. The number of carbonyl (C=O) groups is 2. The Morgan fingerprint density at radius 3 is 2.76 bits per heavy atom. The molecule has 6 rings (SSSR count). The number of urea groups is 1. The predicted octanol–water partition coefficient (Wildman–Crippen LogP) is 2.47. The first-order valence-electron chi connectivity index (χ1n) is 12.7. The second kappa shape index (κ2) is 9.72. The Morgan fingerprint density at radius 2 is 1.92 bits per heavy atom. The average Bonchev–Trinajstić information content (AvgIpc) is 3.35. The Morgan fingerprint density at radius 1 is 1.05 bits per heavy atom. The number of benzene rings is 1. The highest BCUT2D eigenvalue weighted by Gasteiger charge is 2.31. The van der Waals surface area contributed by atoms with E-state index < -0.39 is 0 Å². The van der Waals surface area contributed by atoms with Gasteiger partial charge >= 0.3 is 6.03 Å². The van der Waals surface area contributed by atoms with Crippen molar-refractivity contribution in [2.45, 2.75) is 38.3 Å². The standard InChI is InChI=1S/C26H30N8O3/c1-37-20-2-3-21-17(12-20)4-11-34(26(36)30-21)19-5-8-32(9-6-19)24-13-23(27-16-28-24)25(35)33-10-7-22-18(15-33)14-29-31-22/h2-3,12-14,16,19H,4-11,15H2,1H3,(H,29,31)(H,30,36). The van der Waals surface area contributed by atoms with Crippen molar-refractivity contribution in [3.8, 4) is 5.75 Å². The number of piperidine rings is 1. The Balaban J connectivity index is 1.09. The molecule has 0 radical (unpaired) electrons. The quantitative estimate of drug-likeness (QED) is 0.562. The maximum absolute atomic E-state index is 13.2. The van der Waals surface area contributed by atoms with E-state index in [9.17, 15) is 9.59 Å². The molecule has 3 amide bonds. The first kappa shape index (κ1) is 23.3. The van der Waals surface area contributed by atoms with E-state index in [1.807, 2.05) is 28.0 Å². The molecule has 0 atom stereocenters. The van der Waals surface area contributed by atoms with Crippen LogP contribution in [0.1, 0.15) is 40.2 Å². The number of anilines is 2. The summed E-state index contributed by atoms with van der Waals surface area (Å²) < 4.78 is 5.34. The largest absolute Gasteiger partial charge is 0.497 e. The molecule has 0 unspecified atom stereocenters. The summed E-state index contributed by atoms with van der Waals surface area (Å²) in [4.78, 5) is 40.8. The molecule has 1 saturated heterocycles. The van der Waals surface area contributed by atoms with Crippen LogP contribution >= 0.6 is 0 Å². The van der Waals surface area contributed by atoms with Crippen LogP contribution in [-0.2, 0) is 19.4 Å². The van der Waals surface area contributed by atoms with E-state index in [1.165, 1.54) is 6.33 Å². The van der Waals surface area contributed by atoms with Gasteiger partial charge in [0.1, 0.15) is 23.6 Å². The number of hydrogen-bond acceptors (Lipinski definition) is 7. The zero-order valence-corrected chi connectivity index (χ0v) is 20.8. The molecule has 0 spiro atoms. The number of rotatable bonds is 4. The maximum atomic E-state index is 13.2. The van der Waals surface area contributed by atoms with E-state index in [4.69, 9.17) is 4.74 Å². The number of hydrogen-bond donors (Lipinski definition) is 2. The fourth-order valence-corrected chi connectivity index (χ4v) is 5.50. The zero-order valence-electron chi connectivity index (χ0n) is 20.8. The van der Waals surface area contributed by atoms with E-state index >= 15 is 0 Å². The van der Waals surface area contributed by atoms with E-state index in [2.05, 4.69) is 30.4 Å². The van der Waals surface area contributed by atoms with Crippen LogP contribution in [0.2, 0.25) is 0 Å². The highest BCUT2D eigenvalue weighted by molar-refractivity contribution is 5.93. The Labute approximate surface area is 214 Å². The lowest BCUT2D eigenvalue weighted by Crippen LogP contribution is -2.49. The first-order chi connectivity index (χ1) is 18.1. The van der Waals surface area contributed by atoms with Crippen LogP contribution in [0.4, 0.5) is 16.3 Å². The predicted molar refractivity (Wildman–Crippen MR) is 137 cm³/mol. The van der Waals surface area contributed by atoms with Crippen LogP contribution in [0, 0.1) is 0 Å². The second-order valence-corrected chi connectivity index (χ2v) is 9.73. The van der Waals surface area contributed by atoms with Gasteiger partial charge in [-0.05, 0) is 43.0 Å². The molecule has 192 valence electrons. The summed E-state index contributed by atoms with van der Waals surface area (Å²) in [6, 6.07) is 7.65. The normalized spacial score (nSPS) is 18.1. The SMILES string of the molecule is COc1ccc2c(c1)CCN(C1CCN(c3cc(C(=O)N4CCc5[nH]ncc5C4)ncn3)CC1)C(=O)N2. The van der Waals surface area contributed by atoms with Crippen LogP contribution < -0.4 is 15.0 Å². The van der Waals surface area contributed by atoms with Gasteiger partial charge in [-0.3, -0.25) is 9.89 Å². The summed E-state index contributed by atoms with van der Waals surface area (Å²) in [5.41, 5.74) is 4.48. The van der Waals surface area contributed by atoms with Crippen LogP contribution in [-0.4, -0.2) is 81.2 Å². The van der Waals surface area contributed by atoms with Crippen molar-refractivity contribution in [2.24, 2.45) is 0 Å². The number of H-pyrrole nitrogens is 1. The third-order valence-corrected chi connectivity index (χ3v) is 7.63. The number of amides is 3. The summed E-state index contributed by atoms with van der Waals surface area (Å²) in [5, 5.41) is 10.2. The Kier molecular flexibility index (Phi) is 6.11. The number of fused-ring (bicyclic) bond motifs is 2. The fraction of sp³-hybridized carbons (Fsp3) is 0.423. The van der Waals surface area contributed by atoms with Crippen molar-refractivity contribution in [3.63, 3.8) is 0 Å². The van der Waals surface area contributed by atoms with Crippen molar-refractivity contribution < 1.29 is 14.3 Å². The molecule has 3 aliphatic heterocycles. The van der Waals surface area contributed by atoms with Crippen LogP contribution in [0.5, 0.6) is 5.75 Å². The molecule has 0 bridgehead atoms. The highest BCUT2D eigenvalue weighted by Crippen LogP contribution is 2.28. The zero-order chi connectivity index (χ0) is 25.4. The molecule has 2 N–H and O–H groups in total. The number of ether oxygens (including phenoxy) is 1. The summed E-state index contributed by atoms with van der Waals surface area (Å²) in [6.45, 7) is 3.33. The minimum absolute atomic E-state index is 0.0559. The smallest absolute Gasteiger partial charge is 0.322 e. The van der Waals surface area contributed by atoms with Crippen molar-refractivity contribution in [2.75, 3.05) is 43.5 Å².